The number of hydrogen-bond acceptors (Lipinski definition) is 5. The van der Waals surface area contributed by atoms with Crippen LogP contribution in [0, 0.1) is 0 Å². The molecular formula is C13H15N5O3. The van der Waals surface area contributed by atoms with Crippen molar-refractivity contribution in [1.82, 2.24) is 20.1 Å². The number of carboxylic acid groups (broad SMARTS) is 1. The molecule has 0 aliphatic rings. The van der Waals surface area contributed by atoms with Crippen LogP contribution in [0.25, 0.3) is 0 Å². The van der Waals surface area contributed by atoms with Gasteiger partial charge in [0.1, 0.15) is 0 Å². The molecule has 1 heterocycles. The number of likely N-dealkylation sites (N-methyl/N-ethyl adjacent to an activating group) is 1. The summed E-state index contributed by atoms with van der Waals surface area (Å²) >= 11 is 0. The van der Waals surface area contributed by atoms with E-state index in [2.05, 4.69) is 15.2 Å². The van der Waals surface area contributed by atoms with Crippen molar-refractivity contribution in [3.8, 4) is 0 Å². The molecule has 0 aliphatic carbocycles. The second kappa shape index (κ2) is 6.04. The molecule has 0 spiro atoms. The number of hydrogen-bond donors (Lipinski definition) is 3. The second-order valence-electron chi connectivity index (χ2n) is 4.48. The number of anilines is 1. The number of H-pyrrole nitrogens is 1. The largest absolute Gasteiger partial charge is 0.478 e. The number of carboxylic acids is 1. The maximum atomic E-state index is 12.0. The lowest BCUT2D eigenvalue weighted by Crippen LogP contribution is -2.30. The summed E-state index contributed by atoms with van der Waals surface area (Å²) in [6.45, 7) is 0.351. The summed E-state index contributed by atoms with van der Waals surface area (Å²) < 4.78 is 0. The number of carbonyl (C=O) groups is 2. The van der Waals surface area contributed by atoms with Gasteiger partial charge in [0.25, 0.3) is 5.91 Å². The predicted molar refractivity (Wildman–Crippen MR) is 74.9 cm³/mol. The summed E-state index contributed by atoms with van der Waals surface area (Å²) in [4.78, 5) is 28.3. The van der Waals surface area contributed by atoms with Gasteiger partial charge in [-0.2, -0.15) is 4.98 Å². The van der Waals surface area contributed by atoms with Gasteiger partial charge in [-0.15, -0.1) is 5.10 Å². The number of nitrogens with one attached hydrogen (secondary N) is 1. The van der Waals surface area contributed by atoms with Crippen LogP contribution in [0.1, 0.15) is 26.5 Å². The van der Waals surface area contributed by atoms with Crippen molar-refractivity contribution in [2.45, 2.75) is 6.42 Å². The van der Waals surface area contributed by atoms with Crippen LogP contribution in [0.15, 0.2) is 24.3 Å². The molecule has 8 heteroatoms. The fourth-order valence-electron chi connectivity index (χ4n) is 1.89. The van der Waals surface area contributed by atoms with Gasteiger partial charge in [-0.3, -0.25) is 9.89 Å². The Labute approximate surface area is 120 Å². The minimum absolute atomic E-state index is 0.00275. The quantitative estimate of drug-likeness (QED) is 0.731. The maximum Gasteiger partial charge on any atom is 0.335 e. The number of aromatic carboxylic acids is 1. The van der Waals surface area contributed by atoms with Gasteiger partial charge in [-0.1, -0.05) is 18.2 Å². The van der Waals surface area contributed by atoms with E-state index in [9.17, 15) is 9.59 Å². The van der Waals surface area contributed by atoms with E-state index in [-0.39, 0.29) is 23.2 Å². The molecule has 2 rings (SSSR count). The van der Waals surface area contributed by atoms with Gasteiger partial charge in [0, 0.05) is 13.6 Å². The molecule has 110 valence electrons. The summed E-state index contributed by atoms with van der Waals surface area (Å²) in [6.07, 6.45) is 0.425. The van der Waals surface area contributed by atoms with Crippen LogP contribution in [0.5, 0.6) is 0 Å². The van der Waals surface area contributed by atoms with E-state index in [1.54, 1.807) is 25.2 Å². The van der Waals surface area contributed by atoms with E-state index >= 15 is 0 Å². The average Bonchev–Trinajstić information content (AvgIpc) is 2.90. The van der Waals surface area contributed by atoms with Crippen LogP contribution in [-0.2, 0) is 6.42 Å². The molecular weight excluding hydrogens is 274 g/mol. The standard InChI is InChI=1S/C13H15N5O3/c1-18(11(19)10-15-13(14)17-16-10)7-6-8-4-2-3-5-9(8)12(20)21/h2-5H,6-7H2,1H3,(H,20,21)(H3,14,15,16,17). The van der Waals surface area contributed by atoms with Gasteiger partial charge >= 0.3 is 5.97 Å². The Bertz CT molecular complexity index is 667. The Balaban J connectivity index is 2.03. The first kappa shape index (κ1) is 14.5. The molecule has 1 aromatic heterocycles. The highest BCUT2D eigenvalue weighted by Gasteiger charge is 2.17. The van der Waals surface area contributed by atoms with E-state index < -0.39 is 5.97 Å². The smallest absolute Gasteiger partial charge is 0.335 e. The highest BCUT2D eigenvalue weighted by atomic mass is 16.4. The number of nitrogen functional groups attached to an aromatic ring is 1. The first-order chi connectivity index (χ1) is 9.99. The number of benzene rings is 1. The Kier molecular flexibility index (Phi) is 4.17. The molecule has 0 aliphatic heterocycles. The normalized spacial score (nSPS) is 10.3. The lowest BCUT2D eigenvalue weighted by molar-refractivity contribution is 0.0695. The lowest BCUT2D eigenvalue weighted by atomic mass is 10.0. The van der Waals surface area contributed by atoms with Crippen LogP contribution >= 0.6 is 0 Å². The topological polar surface area (TPSA) is 125 Å². The van der Waals surface area contributed by atoms with E-state index in [0.717, 1.165) is 0 Å². The fourth-order valence-corrected chi connectivity index (χ4v) is 1.89. The third-order valence-corrected chi connectivity index (χ3v) is 3.02. The van der Waals surface area contributed by atoms with Crippen molar-refractivity contribution < 1.29 is 14.7 Å². The van der Waals surface area contributed by atoms with Gasteiger partial charge in [-0.05, 0) is 18.1 Å². The molecule has 1 amide bonds. The summed E-state index contributed by atoms with van der Waals surface area (Å²) in [6, 6.07) is 6.70. The molecule has 4 N–H and O–H groups in total. The Morgan fingerprint density at radius 3 is 2.71 bits per heavy atom. The third-order valence-electron chi connectivity index (χ3n) is 3.02. The Morgan fingerprint density at radius 2 is 2.10 bits per heavy atom. The van der Waals surface area contributed by atoms with Gasteiger partial charge in [0.2, 0.25) is 11.8 Å². The van der Waals surface area contributed by atoms with Crippen LogP contribution < -0.4 is 5.73 Å². The van der Waals surface area contributed by atoms with Crippen molar-refractivity contribution in [1.29, 1.82) is 0 Å². The van der Waals surface area contributed by atoms with E-state index in [0.29, 0.717) is 18.5 Å². The number of amides is 1. The average molecular weight is 289 g/mol. The van der Waals surface area contributed by atoms with Crippen molar-refractivity contribution in [3.63, 3.8) is 0 Å². The van der Waals surface area contributed by atoms with Crippen LogP contribution in [0.3, 0.4) is 0 Å². The van der Waals surface area contributed by atoms with Crippen molar-refractivity contribution >= 4 is 17.8 Å². The predicted octanol–water partition coefficient (Wildman–Crippen LogP) is 0.400. The van der Waals surface area contributed by atoms with Gasteiger partial charge in [0.05, 0.1) is 5.56 Å². The zero-order valence-electron chi connectivity index (χ0n) is 11.4. The molecule has 0 unspecified atom stereocenters. The zero-order valence-corrected chi connectivity index (χ0v) is 11.4. The Hall–Kier alpha value is -2.90. The van der Waals surface area contributed by atoms with Crippen molar-refractivity contribution in [3.05, 3.63) is 41.2 Å². The fraction of sp³-hybridized carbons (Fsp3) is 0.231. The van der Waals surface area contributed by atoms with Crippen LogP contribution in [-0.4, -0.2) is 50.7 Å². The molecule has 0 atom stereocenters. The Morgan fingerprint density at radius 1 is 1.38 bits per heavy atom. The number of carbonyl (C=O) groups excluding carboxylic acids is 1. The first-order valence-corrected chi connectivity index (χ1v) is 6.23. The minimum Gasteiger partial charge on any atom is -0.478 e. The van der Waals surface area contributed by atoms with Crippen molar-refractivity contribution in [2.75, 3.05) is 19.3 Å². The molecule has 0 saturated heterocycles. The van der Waals surface area contributed by atoms with Gasteiger partial charge < -0.3 is 15.7 Å². The highest BCUT2D eigenvalue weighted by Crippen LogP contribution is 2.10. The SMILES string of the molecule is CN(CCc1ccccc1C(=O)O)C(=O)c1nc(N)n[nH]1. The van der Waals surface area contributed by atoms with E-state index in [1.165, 1.54) is 11.0 Å². The summed E-state index contributed by atoms with van der Waals surface area (Å²) in [5.41, 5.74) is 6.25. The monoisotopic (exact) mass is 289 g/mol. The summed E-state index contributed by atoms with van der Waals surface area (Å²) in [5.74, 6) is -1.28. The zero-order chi connectivity index (χ0) is 15.4. The lowest BCUT2D eigenvalue weighted by Gasteiger charge is -2.16. The molecule has 0 bridgehead atoms. The molecule has 0 fully saturated rings. The maximum absolute atomic E-state index is 12.0. The van der Waals surface area contributed by atoms with Crippen LogP contribution in [0.4, 0.5) is 5.95 Å². The van der Waals surface area contributed by atoms with E-state index in [4.69, 9.17) is 10.8 Å². The number of nitrogens with two attached hydrogens (primary N) is 1. The van der Waals surface area contributed by atoms with Gasteiger partial charge in [0.15, 0.2) is 0 Å². The number of aromatic amines is 1. The number of nitrogens with zero attached hydrogens (tertiary/aromatic N) is 3. The number of rotatable bonds is 5. The van der Waals surface area contributed by atoms with Crippen LogP contribution in [0.2, 0.25) is 0 Å². The minimum atomic E-state index is -0.984. The summed E-state index contributed by atoms with van der Waals surface area (Å²) in [7, 11) is 1.60. The second-order valence-corrected chi connectivity index (χ2v) is 4.48. The molecule has 0 radical (unpaired) electrons. The van der Waals surface area contributed by atoms with Gasteiger partial charge in [-0.25, -0.2) is 4.79 Å². The molecule has 0 saturated carbocycles. The molecule has 1 aromatic carbocycles. The molecule has 21 heavy (non-hydrogen) atoms. The third kappa shape index (κ3) is 3.35. The molecule has 2 aromatic rings. The van der Waals surface area contributed by atoms with E-state index in [1.807, 2.05) is 0 Å². The molecule has 8 nitrogen and oxygen atoms in total. The summed E-state index contributed by atoms with van der Waals surface area (Å²) in [5, 5.41) is 15.1. The highest BCUT2D eigenvalue weighted by molar-refractivity contribution is 5.91. The number of aromatic nitrogens is 3. The first-order valence-electron chi connectivity index (χ1n) is 6.23. The van der Waals surface area contributed by atoms with Crippen molar-refractivity contribution in [2.24, 2.45) is 0 Å².